The number of likely N-dealkylation sites (tertiary alicyclic amines) is 1. The molecule has 1 nitrogen and oxygen atoms in total. The second-order valence-corrected chi connectivity index (χ2v) is 4.36. The van der Waals surface area contributed by atoms with Crippen molar-refractivity contribution in [1.82, 2.24) is 4.90 Å². The van der Waals surface area contributed by atoms with E-state index < -0.39 is 0 Å². The molecule has 0 unspecified atom stereocenters. The molecule has 2 rings (SSSR count). The predicted octanol–water partition coefficient (Wildman–Crippen LogP) is 3.15. The molecule has 0 aromatic carbocycles. The van der Waals surface area contributed by atoms with E-state index in [1.54, 1.807) is 0 Å². The minimum Gasteiger partial charge on any atom is -0.306 e. The summed E-state index contributed by atoms with van der Waals surface area (Å²) in [5.74, 6) is 2.16. The Morgan fingerprint density at radius 1 is 0.923 bits per heavy atom. The molecule has 2 aliphatic rings. The molecule has 78 valence electrons. The second kappa shape index (κ2) is 5.64. The first-order valence-electron chi connectivity index (χ1n) is 6.05. The molecule has 0 amide bonds. The lowest BCUT2D eigenvalue weighted by molar-refractivity contribution is 0.105. The zero-order valence-corrected chi connectivity index (χ0v) is 9.55. The summed E-state index contributed by atoms with van der Waals surface area (Å²) < 4.78 is 0. The van der Waals surface area contributed by atoms with Gasteiger partial charge >= 0.3 is 0 Å². The lowest BCUT2D eigenvalue weighted by Gasteiger charge is -2.39. The third-order valence-corrected chi connectivity index (χ3v) is 3.49. The molecule has 1 aliphatic heterocycles. The van der Waals surface area contributed by atoms with Crippen LogP contribution in [0.1, 0.15) is 46.0 Å². The first-order valence-corrected chi connectivity index (χ1v) is 6.05. The van der Waals surface area contributed by atoms with Crippen molar-refractivity contribution in [3.8, 4) is 0 Å². The van der Waals surface area contributed by atoms with Gasteiger partial charge in [-0.2, -0.15) is 0 Å². The van der Waals surface area contributed by atoms with E-state index in [1.807, 2.05) is 13.8 Å². The number of fused-ring (bicyclic) bond motifs is 1. The maximum absolute atomic E-state index is 2.51. The molecule has 2 fully saturated rings. The second-order valence-electron chi connectivity index (χ2n) is 4.36. The Balaban J connectivity index is 0.000000396. The van der Waals surface area contributed by atoms with Crippen molar-refractivity contribution in [2.24, 2.45) is 11.8 Å². The number of piperidine rings is 1. The van der Waals surface area contributed by atoms with Gasteiger partial charge in [0.15, 0.2) is 0 Å². The minimum absolute atomic E-state index is 1.06. The van der Waals surface area contributed by atoms with Gasteiger partial charge in [0.25, 0.3) is 0 Å². The molecule has 0 radical (unpaired) electrons. The minimum atomic E-state index is 1.06. The molecule has 1 heteroatoms. The van der Waals surface area contributed by atoms with Gasteiger partial charge in [0.1, 0.15) is 0 Å². The molecule has 1 saturated carbocycles. The number of hydrogen-bond donors (Lipinski definition) is 0. The summed E-state index contributed by atoms with van der Waals surface area (Å²) in [6, 6.07) is 0. The molecule has 13 heavy (non-hydrogen) atoms. The third kappa shape index (κ3) is 2.98. The van der Waals surface area contributed by atoms with Gasteiger partial charge < -0.3 is 4.90 Å². The summed E-state index contributed by atoms with van der Waals surface area (Å²) in [7, 11) is 2.27. The highest BCUT2D eigenvalue weighted by atomic mass is 15.1. The standard InChI is InChI=1S/C10H19N.C2H6/c1-11-7-6-9-4-2-3-5-10(9)8-11;1-2/h9-10H,2-8H2,1H3;1-2H3/t9-,10-;/m1./s1. The summed E-state index contributed by atoms with van der Waals surface area (Å²) >= 11 is 0. The van der Waals surface area contributed by atoms with E-state index >= 15 is 0 Å². The van der Waals surface area contributed by atoms with Crippen LogP contribution in [0.5, 0.6) is 0 Å². The maximum Gasteiger partial charge on any atom is 0.000926 e. The number of rotatable bonds is 0. The lowest BCUT2D eigenvalue weighted by atomic mass is 9.75. The van der Waals surface area contributed by atoms with Crippen LogP contribution in [0.3, 0.4) is 0 Å². The maximum atomic E-state index is 2.51. The van der Waals surface area contributed by atoms with Crippen molar-refractivity contribution < 1.29 is 0 Å². The predicted molar refractivity (Wildman–Crippen MR) is 58.9 cm³/mol. The molecular formula is C12H25N. The lowest BCUT2D eigenvalue weighted by Crippen LogP contribution is -2.39. The van der Waals surface area contributed by atoms with Crippen molar-refractivity contribution >= 4 is 0 Å². The summed E-state index contributed by atoms with van der Waals surface area (Å²) in [5.41, 5.74) is 0. The molecule has 1 aliphatic carbocycles. The molecule has 1 saturated heterocycles. The Labute approximate surface area is 83.5 Å². The smallest absolute Gasteiger partial charge is 0.000926 e. The highest BCUT2D eigenvalue weighted by Crippen LogP contribution is 2.35. The number of nitrogens with zero attached hydrogens (tertiary/aromatic N) is 1. The van der Waals surface area contributed by atoms with E-state index in [0.29, 0.717) is 0 Å². The fraction of sp³-hybridized carbons (Fsp3) is 1.00. The number of hydrogen-bond acceptors (Lipinski definition) is 1. The molecule has 0 aromatic rings. The third-order valence-electron chi connectivity index (χ3n) is 3.49. The van der Waals surface area contributed by atoms with Crippen LogP contribution in [0, 0.1) is 11.8 Å². The van der Waals surface area contributed by atoms with Crippen LogP contribution in [0.2, 0.25) is 0 Å². The first-order chi connectivity index (χ1) is 6.36. The van der Waals surface area contributed by atoms with Gasteiger partial charge in [-0.1, -0.05) is 33.1 Å². The highest BCUT2D eigenvalue weighted by molar-refractivity contribution is 4.81. The van der Waals surface area contributed by atoms with Crippen LogP contribution < -0.4 is 0 Å². The van der Waals surface area contributed by atoms with Crippen LogP contribution >= 0.6 is 0 Å². The van der Waals surface area contributed by atoms with Crippen LogP contribution in [0.25, 0.3) is 0 Å². The van der Waals surface area contributed by atoms with E-state index in [0.717, 1.165) is 11.8 Å². The van der Waals surface area contributed by atoms with Gasteiger partial charge in [0.2, 0.25) is 0 Å². The molecule has 0 aromatic heterocycles. The monoisotopic (exact) mass is 183 g/mol. The van der Waals surface area contributed by atoms with E-state index in [-0.39, 0.29) is 0 Å². The fourth-order valence-corrected chi connectivity index (χ4v) is 2.78. The van der Waals surface area contributed by atoms with Crippen molar-refractivity contribution in [2.75, 3.05) is 20.1 Å². The quantitative estimate of drug-likeness (QED) is 0.557. The molecule has 0 N–H and O–H groups in total. The van der Waals surface area contributed by atoms with Crippen LogP contribution in [-0.2, 0) is 0 Å². The van der Waals surface area contributed by atoms with E-state index in [2.05, 4.69) is 11.9 Å². The zero-order chi connectivity index (χ0) is 9.68. The first kappa shape index (κ1) is 11.0. The van der Waals surface area contributed by atoms with Gasteiger partial charge in [-0.15, -0.1) is 0 Å². The van der Waals surface area contributed by atoms with Gasteiger partial charge in [-0.25, -0.2) is 0 Å². The topological polar surface area (TPSA) is 3.24 Å². The molecule has 2 atom stereocenters. The Hall–Kier alpha value is -0.0400. The van der Waals surface area contributed by atoms with Crippen molar-refractivity contribution in [2.45, 2.75) is 46.0 Å². The molecular weight excluding hydrogens is 158 g/mol. The van der Waals surface area contributed by atoms with E-state index in [4.69, 9.17) is 0 Å². The van der Waals surface area contributed by atoms with Gasteiger partial charge in [0, 0.05) is 6.54 Å². The highest BCUT2D eigenvalue weighted by Gasteiger charge is 2.29. The Morgan fingerprint density at radius 2 is 1.54 bits per heavy atom. The SMILES string of the molecule is CC.CN1CC[C@H]2CCCC[C@@H]2C1. The Bertz CT molecular complexity index is 133. The Morgan fingerprint density at radius 3 is 2.23 bits per heavy atom. The zero-order valence-electron chi connectivity index (χ0n) is 9.55. The van der Waals surface area contributed by atoms with Gasteiger partial charge in [-0.05, 0) is 38.3 Å². The summed E-state index contributed by atoms with van der Waals surface area (Å²) in [5, 5.41) is 0. The molecule has 0 bridgehead atoms. The summed E-state index contributed by atoms with van der Waals surface area (Å²) in [6.07, 6.45) is 7.51. The van der Waals surface area contributed by atoms with Gasteiger partial charge in [-0.3, -0.25) is 0 Å². The summed E-state index contributed by atoms with van der Waals surface area (Å²) in [4.78, 5) is 2.51. The largest absolute Gasteiger partial charge is 0.306 e. The molecule has 1 heterocycles. The fourth-order valence-electron chi connectivity index (χ4n) is 2.78. The average Bonchev–Trinajstić information content (AvgIpc) is 2.21. The van der Waals surface area contributed by atoms with Crippen molar-refractivity contribution in [1.29, 1.82) is 0 Å². The van der Waals surface area contributed by atoms with Crippen LogP contribution in [-0.4, -0.2) is 25.0 Å². The van der Waals surface area contributed by atoms with Gasteiger partial charge in [0.05, 0.1) is 0 Å². The van der Waals surface area contributed by atoms with Crippen molar-refractivity contribution in [3.63, 3.8) is 0 Å². The van der Waals surface area contributed by atoms with E-state index in [9.17, 15) is 0 Å². The molecule has 0 spiro atoms. The normalized spacial score (nSPS) is 34.4. The summed E-state index contributed by atoms with van der Waals surface area (Å²) in [6.45, 7) is 6.73. The van der Waals surface area contributed by atoms with E-state index in [1.165, 1.54) is 45.2 Å². The van der Waals surface area contributed by atoms with Crippen LogP contribution in [0.4, 0.5) is 0 Å². The Kier molecular flexibility index (Phi) is 4.79. The van der Waals surface area contributed by atoms with Crippen LogP contribution in [0.15, 0.2) is 0 Å². The average molecular weight is 183 g/mol. The van der Waals surface area contributed by atoms with Crippen molar-refractivity contribution in [3.05, 3.63) is 0 Å².